The highest BCUT2D eigenvalue weighted by Crippen LogP contribution is 2.28. The third kappa shape index (κ3) is 2.82. The zero-order chi connectivity index (χ0) is 11.4. The minimum atomic E-state index is -0.580. The van der Waals surface area contributed by atoms with Crippen LogP contribution in [0.1, 0.15) is 63.3 Å². The first-order valence-corrected chi connectivity index (χ1v) is 6.30. The van der Waals surface area contributed by atoms with Gasteiger partial charge in [-0.1, -0.05) is 37.8 Å². The minimum Gasteiger partial charge on any atom is -0.385 e. The number of nitrogens with zero attached hydrogens (tertiary/aromatic N) is 2. The van der Waals surface area contributed by atoms with E-state index in [0.29, 0.717) is 18.1 Å². The van der Waals surface area contributed by atoms with Gasteiger partial charge in [0.15, 0.2) is 5.82 Å². The van der Waals surface area contributed by atoms with Gasteiger partial charge in [-0.25, -0.2) is 0 Å². The molecule has 4 heteroatoms. The van der Waals surface area contributed by atoms with Gasteiger partial charge < -0.3 is 9.63 Å². The second kappa shape index (κ2) is 5.43. The highest BCUT2D eigenvalue weighted by atomic mass is 16.5. The fourth-order valence-corrected chi connectivity index (χ4v) is 2.31. The van der Waals surface area contributed by atoms with E-state index >= 15 is 0 Å². The number of aliphatic hydroxyl groups is 1. The van der Waals surface area contributed by atoms with E-state index in [-0.39, 0.29) is 0 Å². The third-order valence-electron chi connectivity index (χ3n) is 3.41. The maximum atomic E-state index is 9.54. The van der Waals surface area contributed by atoms with Gasteiger partial charge in [-0.05, 0) is 18.8 Å². The molecule has 1 fully saturated rings. The van der Waals surface area contributed by atoms with Gasteiger partial charge in [0.2, 0.25) is 5.89 Å². The van der Waals surface area contributed by atoms with E-state index in [4.69, 9.17) is 4.52 Å². The Balaban J connectivity index is 1.82. The fourth-order valence-electron chi connectivity index (χ4n) is 2.31. The molecule has 1 N–H and O–H groups in total. The van der Waals surface area contributed by atoms with Crippen LogP contribution in [0.25, 0.3) is 0 Å². The second-order valence-corrected chi connectivity index (χ2v) is 4.66. The first kappa shape index (κ1) is 11.6. The SMILES string of the molecule is CCC(O)c1noc(CCC2CCCC2)n1. The molecule has 1 saturated carbocycles. The summed E-state index contributed by atoms with van der Waals surface area (Å²) >= 11 is 0. The number of rotatable bonds is 5. The van der Waals surface area contributed by atoms with E-state index in [1.165, 1.54) is 25.7 Å². The molecule has 0 saturated heterocycles. The number of aromatic nitrogens is 2. The standard InChI is InChI=1S/C12H20N2O2/c1-2-10(15)12-13-11(16-14-12)8-7-9-5-3-4-6-9/h9-10,15H,2-8H2,1H3. The Morgan fingerprint density at radius 2 is 2.19 bits per heavy atom. The molecule has 4 nitrogen and oxygen atoms in total. The van der Waals surface area contributed by atoms with Crippen LogP contribution in [0.2, 0.25) is 0 Å². The third-order valence-corrected chi connectivity index (χ3v) is 3.41. The van der Waals surface area contributed by atoms with Crippen molar-refractivity contribution in [2.45, 2.75) is 58.0 Å². The number of hydrogen-bond donors (Lipinski definition) is 1. The Kier molecular flexibility index (Phi) is 3.93. The molecule has 2 rings (SSSR count). The number of hydrogen-bond acceptors (Lipinski definition) is 4. The lowest BCUT2D eigenvalue weighted by molar-refractivity contribution is 0.159. The summed E-state index contributed by atoms with van der Waals surface area (Å²) in [4.78, 5) is 4.21. The Hall–Kier alpha value is -0.900. The molecule has 0 aliphatic heterocycles. The maximum absolute atomic E-state index is 9.54. The van der Waals surface area contributed by atoms with Gasteiger partial charge in [0.05, 0.1) is 0 Å². The van der Waals surface area contributed by atoms with Crippen LogP contribution < -0.4 is 0 Å². The quantitative estimate of drug-likeness (QED) is 0.835. The largest absolute Gasteiger partial charge is 0.385 e. The van der Waals surface area contributed by atoms with Crippen molar-refractivity contribution in [3.05, 3.63) is 11.7 Å². The molecule has 0 amide bonds. The second-order valence-electron chi connectivity index (χ2n) is 4.66. The Morgan fingerprint density at radius 1 is 1.44 bits per heavy atom. The van der Waals surface area contributed by atoms with Crippen molar-refractivity contribution in [1.82, 2.24) is 10.1 Å². The molecule has 0 aromatic carbocycles. The summed E-state index contributed by atoms with van der Waals surface area (Å²) in [5.41, 5.74) is 0. The monoisotopic (exact) mass is 224 g/mol. The predicted molar refractivity (Wildman–Crippen MR) is 59.8 cm³/mol. The van der Waals surface area contributed by atoms with Crippen molar-refractivity contribution in [2.75, 3.05) is 0 Å². The highest BCUT2D eigenvalue weighted by Gasteiger charge is 2.17. The first-order chi connectivity index (χ1) is 7.79. The molecule has 1 atom stereocenters. The Labute approximate surface area is 96.1 Å². The topological polar surface area (TPSA) is 59.2 Å². The fraction of sp³-hybridized carbons (Fsp3) is 0.833. The molecular formula is C12H20N2O2. The van der Waals surface area contributed by atoms with Crippen LogP contribution in [0.15, 0.2) is 4.52 Å². The first-order valence-electron chi connectivity index (χ1n) is 6.30. The minimum absolute atomic E-state index is 0.434. The normalized spacial score (nSPS) is 19.1. The van der Waals surface area contributed by atoms with Gasteiger partial charge in [0.1, 0.15) is 6.10 Å². The van der Waals surface area contributed by atoms with E-state index in [1.807, 2.05) is 6.92 Å². The summed E-state index contributed by atoms with van der Waals surface area (Å²) in [5.74, 6) is 1.95. The Morgan fingerprint density at radius 3 is 2.88 bits per heavy atom. The van der Waals surface area contributed by atoms with Crippen LogP contribution in [-0.4, -0.2) is 15.2 Å². The average Bonchev–Trinajstić information content (AvgIpc) is 2.96. The zero-order valence-corrected chi connectivity index (χ0v) is 9.85. The van der Waals surface area contributed by atoms with Crippen LogP contribution in [0.5, 0.6) is 0 Å². The van der Waals surface area contributed by atoms with Gasteiger partial charge in [0.25, 0.3) is 0 Å². The molecule has 1 heterocycles. The van der Waals surface area contributed by atoms with Crippen molar-refractivity contribution in [2.24, 2.45) is 5.92 Å². The molecule has 90 valence electrons. The molecule has 1 aliphatic carbocycles. The van der Waals surface area contributed by atoms with Crippen molar-refractivity contribution < 1.29 is 9.63 Å². The lowest BCUT2D eigenvalue weighted by Crippen LogP contribution is -1.99. The zero-order valence-electron chi connectivity index (χ0n) is 9.85. The molecule has 1 aromatic rings. The van der Waals surface area contributed by atoms with Crippen LogP contribution in [0, 0.1) is 5.92 Å². The van der Waals surface area contributed by atoms with E-state index in [9.17, 15) is 5.11 Å². The molecule has 16 heavy (non-hydrogen) atoms. The van der Waals surface area contributed by atoms with Gasteiger partial charge in [-0.3, -0.25) is 0 Å². The predicted octanol–water partition coefficient (Wildman–Crippen LogP) is 2.64. The lowest BCUT2D eigenvalue weighted by atomic mass is 10.0. The summed E-state index contributed by atoms with van der Waals surface area (Å²) in [6.07, 6.45) is 7.48. The van der Waals surface area contributed by atoms with Gasteiger partial charge in [-0.15, -0.1) is 0 Å². The average molecular weight is 224 g/mol. The summed E-state index contributed by atoms with van der Waals surface area (Å²) in [5, 5.41) is 13.3. The van der Waals surface area contributed by atoms with Crippen LogP contribution in [-0.2, 0) is 6.42 Å². The molecule has 0 radical (unpaired) electrons. The van der Waals surface area contributed by atoms with E-state index in [2.05, 4.69) is 10.1 Å². The van der Waals surface area contributed by atoms with Crippen LogP contribution in [0.3, 0.4) is 0 Å². The van der Waals surface area contributed by atoms with Crippen LogP contribution >= 0.6 is 0 Å². The highest BCUT2D eigenvalue weighted by molar-refractivity contribution is 4.90. The smallest absolute Gasteiger partial charge is 0.226 e. The summed E-state index contributed by atoms with van der Waals surface area (Å²) in [6.45, 7) is 1.90. The number of aliphatic hydroxyl groups excluding tert-OH is 1. The van der Waals surface area contributed by atoms with Crippen molar-refractivity contribution in [1.29, 1.82) is 0 Å². The van der Waals surface area contributed by atoms with Crippen molar-refractivity contribution in [3.8, 4) is 0 Å². The summed E-state index contributed by atoms with van der Waals surface area (Å²) in [6, 6.07) is 0. The molecular weight excluding hydrogens is 204 g/mol. The summed E-state index contributed by atoms with van der Waals surface area (Å²) in [7, 11) is 0. The summed E-state index contributed by atoms with van der Waals surface area (Å²) < 4.78 is 5.13. The van der Waals surface area contributed by atoms with Crippen molar-refractivity contribution in [3.63, 3.8) is 0 Å². The van der Waals surface area contributed by atoms with E-state index in [0.717, 1.165) is 18.8 Å². The molecule has 0 spiro atoms. The van der Waals surface area contributed by atoms with Crippen molar-refractivity contribution >= 4 is 0 Å². The number of aryl methyl sites for hydroxylation is 1. The lowest BCUT2D eigenvalue weighted by Gasteiger charge is -2.04. The van der Waals surface area contributed by atoms with Gasteiger partial charge in [-0.2, -0.15) is 4.98 Å². The Bertz CT molecular complexity index is 319. The van der Waals surface area contributed by atoms with Gasteiger partial charge >= 0.3 is 0 Å². The maximum Gasteiger partial charge on any atom is 0.226 e. The molecule has 1 aromatic heterocycles. The van der Waals surface area contributed by atoms with Crippen LogP contribution in [0.4, 0.5) is 0 Å². The molecule has 1 unspecified atom stereocenters. The molecule has 1 aliphatic rings. The van der Waals surface area contributed by atoms with E-state index < -0.39 is 6.10 Å². The molecule has 0 bridgehead atoms. The van der Waals surface area contributed by atoms with Gasteiger partial charge in [0, 0.05) is 6.42 Å². The van der Waals surface area contributed by atoms with E-state index in [1.54, 1.807) is 0 Å².